The normalized spacial score (nSPS) is 19.2. The lowest BCUT2D eigenvalue weighted by Gasteiger charge is -2.34. The monoisotopic (exact) mass is 293 g/mol. The summed E-state index contributed by atoms with van der Waals surface area (Å²) in [5.41, 5.74) is 0.851. The molecule has 0 saturated carbocycles. The molecule has 0 spiro atoms. The minimum atomic E-state index is -0.254. The Labute approximate surface area is 125 Å². The number of nitrogens with zero attached hydrogens (tertiary/aromatic N) is 3. The van der Waals surface area contributed by atoms with Gasteiger partial charge in [0.05, 0.1) is 31.3 Å². The van der Waals surface area contributed by atoms with E-state index in [9.17, 15) is 4.79 Å². The number of anilines is 1. The second-order valence-electron chi connectivity index (χ2n) is 5.00. The summed E-state index contributed by atoms with van der Waals surface area (Å²) in [6.45, 7) is 5.12. The molecule has 2 rings (SSSR count). The van der Waals surface area contributed by atoms with Gasteiger partial charge in [-0.1, -0.05) is 6.92 Å². The smallest absolute Gasteiger partial charge is 0.239 e. The lowest BCUT2D eigenvalue weighted by atomic mass is 10.2. The molecule has 1 aliphatic rings. The van der Waals surface area contributed by atoms with Gasteiger partial charge in [-0.3, -0.25) is 14.7 Å². The van der Waals surface area contributed by atoms with Crippen LogP contribution in [0.3, 0.4) is 0 Å². The molecule has 7 heteroatoms. The van der Waals surface area contributed by atoms with Crippen molar-refractivity contribution >= 4 is 11.7 Å². The third-order valence-corrected chi connectivity index (χ3v) is 3.42. The van der Waals surface area contributed by atoms with Crippen LogP contribution in [0.15, 0.2) is 12.4 Å². The summed E-state index contributed by atoms with van der Waals surface area (Å²) in [4.78, 5) is 22.9. The highest BCUT2D eigenvalue weighted by molar-refractivity contribution is 5.81. The number of hydrogen-bond acceptors (Lipinski definition) is 6. The predicted octanol–water partition coefficient (Wildman–Crippen LogP) is 0.245. The molecule has 1 saturated heterocycles. The molecule has 7 nitrogen and oxygen atoms in total. The SMILES string of the molecule is CCCNC(=O)C1COCCN1Cc1cnc(NC)cn1. The highest BCUT2D eigenvalue weighted by Crippen LogP contribution is 2.12. The van der Waals surface area contributed by atoms with Crippen LogP contribution in [0.4, 0.5) is 5.82 Å². The molecule has 1 fully saturated rings. The van der Waals surface area contributed by atoms with Gasteiger partial charge in [0.25, 0.3) is 0 Å². The molecule has 1 aliphatic heterocycles. The van der Waals surface area contributed by atoms with Crippen LogP contribution in [0, 0.1) is 0 Å². The predicted molar refractivity (Wildman–Crippen MR) is 79.9 cm³/mol. The number of carbonyl (C=O) groups is 1. The summed E-state index contributed by atoms with van der Waals surface area (Å²) >= 11 is 0. The Balaban J connectivity index is 1.98. The van der Waals surface area contributed by atoms with E-state index in [1.807, 2.05) is 6.92 Å². The summed E-state index contributed by atoms with van der Waals surface area (Å²) in [7, 11) is 1.81. The molecule has 21 heavy (non-hydrogen) atoms. The fourth-order valence-corrected chi connectivity index (χ4v) is 2.21. The molecule has 2 N–H and O–H groups in total. The Morgan fingerprint density at radius 2 is 2.33 bits per heavy atom. The highest BCUT2D eigenvalue weighted by Gasteiger charge is 2.29. The summed E-state index contributed by atoms with van der Waals surface area (Å²) < 4.78 is 5.44. The zero-order valence-electron chi connectivity index (χ0n) is 12.6. The fraction of sp³-hybridized carbons (Fsp3) is 0.643. The Morgan fingerprint density at radius 1 is 1.48 bits per heavy atom. The molecular weight excluding hydrogens is 270 g/mol. The van der Waals surface area contributed by atoms with Crippen LogP contribution < -0.4 is 10.6 Å². The summed E-state index contributed by atoms with van der Waals surface area (Å²) in [5.74, 6) is 0.759. The Kier molecular flexibility index (Phi) is 5.89. The van der Waals surface area contributed by atoms with Crippen molar-refractivity contribution < 1.29 is 9.53 Å². The van der Waals surface area contributed by atoms with Crippen LogP contribution in [0.5, 0.6) is 0 Å². The van der Waals surface area contributed by atoms with Gasteiger partial charge >= 0.3 is 0 Å². The lowest BCUT2D eigenvalue weighted by molar-refractivity contribution is -0.133. The van der Waals surface area contributed by atoms with Crippen molar-refractivity contribution in [1.29, 1.82) is 0 Å². The number of ether oxygens (including phenoxy) is 1. The third-order valence-electron chi connectivity index (χ3n) is 3.42. The molecule has 0 aromatic carbocycles. The van der Waals surface area contributed by atoms with Gasteiger partial charge in [-0.05, 0) is 6.42 Å². The number of carbonyl (C=O) groups excluding carboxylic acids is 1. The summed E-state index contributed by atoms with van der Waals surface area (Å²) in [5, 5.41) is 5.87. The van der Waals surface area contributed by atoms with Crippen molar-refractivity contribution in [3.05, 3.63) is 18.1 Å². The molecule has 1 unspecified atom stereocenters. The van der Waals surface area contributed by atoms with Gasteiger partial charge in [0.15, 0.2) is 0 Å². The molecule has 1 atom stereocenters. The van der Waals surface area contributed by atoms with Gasteiger partial charge in [0.2, 0.25) is 5.91 Å². The molecule has 116 valence electrons. The Hall–Kier alpha value is -1.73. The summed E-state index contributed by atoms with van der Waals surface area (Å²) in [6.07, 6.45) is 4.36. The van der Waals surface area contributed by atoms with Crippen LogP contribution >= 0.6 is 0 Å². The first kappa shape index (κ1) is 15.7. The van der Waals surface area contributed by atoms with Crippen molar-refractivity contribution in [2.75, 3.05) is 38.7 Å². The van der Waals surface area contributed by atoms with E-state index in [1.165, 1.54) is 0 Å². The Morgan fingerprint density at radius 3 is 3.00 bits per heavy atom. The average Bonchev–Trinajstić information content (AvgIpc) is 2.54. The Bertz CT molecular complexity index is 451. The van der Waals surface area contributed by atoms with E-state index in [0.29, 0.717) is 26.3 Å². The van der Waals surface area contributed by atoms with Gasteiger partial charge in [-0.25, -0.2) is 4.98 Å². The number of morpholine rings is 1. The minimum Gasteiger partial charge on any atom is -0.378 e. The molecule has 1 aromatic heterocycles. The van der Waals surface area contributed by atoms with Gasteiger partial charge in [-0.15, -0.1) is 0 Å². The van der Waals surface area contributed by atoms with Crippen molar-refractivity contribution in [3.8, 4) is 0 Å². The molecule has 2 heterocycles. The van der Waals surface area contributed by atoms with Crippen molar-refractivity contribution in [2.24, 2.45) is 0 Å². The van der Waals surface area contributed by atoms with Gasteiger partial charge in [0.1, 0.15) is 11.9 Å². The van der Waals surface area contributed by atoms with Gasteiger partial charge in [-0.2, -0.15) is 0 Å². The third kappa shape index (κ3) is 4.37. The van der Waals surface area contributed by atoms with E-state index >= 15 is 0 Å². The number of aromatic nitrogens is 2. The number of nitrogens with one attached hydrogen (secondary N) is 2. The molecule has 0 radical (unpaired) electrons. The number of rotatable bonds is 6. The van der Waals surface area contributed by atoms with Crippen molar-refractivity contribution in [1.82, 2.24) is 20.2 Å². The maximum absolute atomic E-state index is 12.2. The molecule has 1 aromatic rings. The summed E-state index contributed by atoms with van der Waals surface area (Å²) in [6, 6.07) is -0.254. The zero-order valence-corrected chi connectivity index (χ0v) is 12.6. The second kappa shape index (κ2) is 7.90. The van der Waals surface area contributed by atoms with Crippen LogP contribution in [-0.2, 0) is 16.1 Å². The van der Waals surface area contributed by atoms with Crippen LogP contribution in [0.25, 0.3) is 0 Å². The molecule has 0 aliphatic carbocycles. The lowest BCUT2D eigenvalue weighted by Crippen LogP contribution is -2.53. The van der Waals surface area contributed by atoms with E-state index in [1.54, 1.807) is 19.4 Å². The topological polar surface area (TPSA) is 79.4 Å². The van der Waals surface area contributed by atoms with E-state index in [4.69, 9.17) is 4.74 Å². The minimum absolute atomic E-state index is 0.0244. The van der Waals surface area contributed by atoms with Gasteiger partial charge < -0.3 is 15.4 Å². The number of amides is 1. The van der Waals surface area contributed by atoms with E-state index in [2.05, 4.69) is 25.5 Å². The molecular formula is C14H23N5O2. The van der Waals surface area contributed by atoms with Gasteiger partial charge in [0, 0.05) is 26.7 Å². The van der Waals surface area contributed by atoms with Crippen molar-refractivity contribution in [2.45, 2.75) is 25.9 Å². The first-order chi connectivity index (χ1) is 10.2. The maximum atomic E-state index is 12.2. The second-order valence-corrected chi connectivity index (χ2v) is 5.00. The molecule has 0 bridgehead atoms. The number of hydrogen-bond donors (Lipinski definition) is 2. The van der Waals surface area contributed by atoms with E-state index < -0.39 is 0 Å². The first-order valence-corrected chi connectivity index (χ1v) is 7.32. The van der Waals surface area contributed by atoms with E-state index in [0.717, 1.165) is 24.5 Å². The highest BCUT2D eigenvalue weighted by atomic mass is 16.5. The fourth-order valence-electron chi connectivity index (χ4n) is 2.21. The zero-order chi connectivity index (χ0) is 15.1. The van der Waals surface area contributed by atoms with Crippen LogP contribution in [0.2, 0.25) is 0 Å². The average molecular weight is 293 g/mol. The quantitative estimate of drug-likeness (QED) is 0.782. The van der Waals surface area contributed by atoms with E-state index in [-0.39, 0.29) is 11.9 Å². The maximum Gasteiger partial charge on any atom is 0.239 e. The standard InChI is InChI=1S/C14H23N5O2/c1-3-4-16-14(20)12-10-21-6-5-19(12)9-11-7-18-13(15-2)8-17-11/h7-8,12H,3-6,9-10H2,1-2H3,(H,15,18)(H,16,20). The largest absolute Gasteiger partial charge is 0.378 e. The van der Waals surface area contributed by atoms with Crippen LogP contribution in [0.1, 0.15) is 19.0 Å². The first-order valence-electron chi connectivity index (χ1n) is 7.32. The molecule has 1 amide bonds. The van der Waals surface area contributed by atoms with Crippen LogP contribution in [-0.4, -0.2) is 60.2 Å². The van der Waals surface area contributed by atoms with Crippen molar-refractivity contribution in [3.63, 3.8) is 0 Å².